The summed E-state index contributed by atoms with van der Waals surface area (Å²) in [6, 6.07) is 6.03. The molecule has 186 valence electrons. The van der Waals surface area contributed by atoms with E-state index in [1.807, 2.05) is 10.9 Å². The van der Waals surface area contributed by atoms with Crippen molar-refractivity contribution in [3.63, 3.8) is 0 Å². The van der Waals surface area contributed by atoms with Crippen LogP contribution in [0, 0.1) is 17.5 Å². The maximum atomic E-state index is 13.9. The van der Waals surface area contributed by atoms with Gasteiger partial charge in [0.15, 0.2) is 0 Å². The van der Waals surface area contributed by atoms with Crippen LogP contribution in [-0.4, -0.2) is 51.3 Å². The van der Waals surface area contributed by atoms with Gasteiger partial charge >= 0.3 is 0 Å². The summed E-state index contributed by atoms with van der Waals surface area (Å²) in [7, 11) is 0. The monoisotopic (exact) mass is 487 g/mol. The van der Waals surface area contributed by atoms with E-state index in [9.17, 15) is 18.0 Å². The van der Waals surface area contributed by atoms with E-state index in [4.69, 9.17) is 4.74 Å². The number of benzene rings is 1. The lowest BCUT2D eigenvalue weighted by atomic mass is 10.1. The number of halogens is 3. The summed E-state index contributed by atoms with van der Waals surface area (Å²) in [5.74, 6) is -4.34. The summed E-state index contributed by atoms with van der Waals surface area (Å²) in [5.41, 5.74) is 0.351. The van der Waals surface area contributed by atoms with Crippen molar-refractivity contribution in [3.8, 4) is 5.88 Å². The molecule has 3 aromatic rings. The van der Waals surface area contributed by atoms with Crippen LogP contribution in [0.1, 0.15) is 48.7 Å². The predicted molar refractivity (Wildman–Crippen MR) is 125 cm³/mol. The van der Waals surface area contributed by atoms with Gasteiger partial charge in [-0.05, 0) is 44.7 Å². The molecular formula is C25H28F3N5O2. The second kappa shape index (κ2) is 10.9. The number of pyridine rings is 1. The highest BCUT2D eigenvalue weighted by Crippen LogP contribution is 2.21. The Morgan fingerprint density at radius 2 is 1.89 bits per heavy atom. The Balaban J connectivity index is 1.27. The SMILES string of the molecule is CC(C)n1cc(CCN2CCC(Oc3cccc(NC(=O)c4c(F)cc(F)cc4F)n3)CC2)cn1. The van der Waals surface area contributed by atoms with E-state index in [2.05, 4.69) is 40.3 Å². The molecule has 0 bridgehead atoms. The first-order valence-corrected chi connectivity index (χ1v) is 11.6. The maximum absolute atomic E-state index is 13.9. The molecule has 3 heterocycles. The Morgan fingerprint density at radius 1 is 1.17 bits per heavy atom. The number of nitrogens with zero attached hydrogens (tertiary/aromatic N) is 4. The average Bonchev–Trinajstić information content (AvgIpc) is 3.28. The largest absolute Gasteiger partial charge is 0.474 e. The Kier molecular flexibility index (Phi) is 7.70. The Labute approximate surface area is 201 Å². The normalized spacial score (nSPS) is 14.9. The van der Waals surface area contributed by atoms with Crippen molar-refractivity contribution >= 4 is 11.7 Å². The quantitative estimate of drug-likeness (QED) is 0.502. The van der Waals surface area contributed by atoms with Crippen molar-refractivity contribution in [1.82, 2.24) is 19.7 Å². The first kappa shape index (κ1) is 24.7. The molecule has 4 rings (SSSR count). The van der Waals surface area contributed by atoms with Crippen molar-refractivity contribution in [1.29, 1.82) is 0 Å². The van der Waals surface area contributed by atoms with E-state index < -0.39 is 28.9 Å². The van der Waals surface area contributed by atoms with Gasteiger partial charge in [0, 0.05) is 50.1 Å². The molecule has 2 aromatic heterocycles. The Morgan fingerprint density at radius 3 is 2.54 bits per heavy atom. The summed E-state index contributed by atoms with van der Waals surface area (Å²) >= 11 is 0. The molecule has 0 atom stereocenters. The van der Waals surface area contributed by atoms with E-state index in [1.165, 1.54) is 11.6 Å². The number of amides is 1. The fraction of sp³-hybridized carbons (Fsp3) is 0.400. The number of carbonyl (C=O) groups excluding carboxylic acids is 1. The van der Waals surface area contributed by atoms with Gasteiger partial charge < -0.3 is 15.0 Å². The molecule has 0 radical (unpaired) electrons. The third kappa shape index (κ3) is 6.39. The van der Waals surface area contributed by atoms with Crippen molar-refractivity contribution in [3.05, 3.63) is 71.3 Å². The summed E-state index contributed by atoms with van der Waals surface area (Å²) in [6.45, 7) is 6.94. The Bertz CT molecular complexity index is 1150. The van der Waals surface area contributed by atoms with Gasteiger partial charge in [0.2, 0.25) is 5.88 Å². The molecule has 0 saturated carbocycles. The zero-order chi connectivity index (χ0) is 24.9. The van der Waals surface area contributed by atoms with Gasteiger partial charge in [-0.3, -0.25) is 9.48 Å². The highest BCUT2D eigenvalue weighted by molar-refractivity contribution is 6.04. The number of hydrogen-bond acceptors (Lipinski definition) is 5. The summed E-state index contributed by atoms with van der Waals surface area (Å²) in [5, 5.41) is 6.72. The van der Waals surface area contributed by atoms with Crippen LogP contribution >= 0.6 is 0 Å². The number of likely N-dealkylation sites (tertiary alicyclic amines) is 1. The first-order chi connectivity index (χ1) is 16.8. The maximum Gasteiger partial charge on any atom is 0.262 e. The minimum Gasteiger partial charge on any atom is -0.474 e. The number of nitrogens with one attached hydrogen (secondary N) is 1. The number of carbonyl (C=O) groups is 1. The Hall–Kier alpha value is -3.40. The molecule has 1 aromatic carbocycles. The second-order valence-electron chi connectivity index (χ2n) is 8.89. The van der Waals surface area contributed by atoms with Crippen LogP contribution in [0.2, 0.25) is 0 Å². The predicted octanol–water partition coefficient (Wildman–Crippen LogP) is 4.61. The number of aromatic nitrogens is 3. The highest BCUT2D eigenvalue weighted by atomic mass is 19.1. The zero-order valence-corrected chi connectivity index (χ0v) is 19.7. The van der Waals surface area contributed by atoms with Crippen molar-refractivity contribution in [2.75, 3.05) is 25.0 Å². The molecule has 0 aliphatic carbocycles. The number of anilines is 1. The molecular weight excluding hydrogens is 459 g/mol. The second-order valence-corrected chi connectivity index (χ2v) is 8.89. The van der Waals surface area contributed by atoms with Crippen molar-refractivity contribution in [2.45, 2.75) is 45.3 Å². The van der Waals surface area contributed by atoms with Crippen molar-refractivity contribution < 1.29 is 22.7 Å². The highest BCUT2D eigenvalue weighted by Gasteiger charge is 2.22. The van der Waals surface area contributed by atoms with E-state index in [1.54, 1.807) is 12.1 Å². The van der Waals surface area contributed by atoms with Crippen LogP contribution in [0.25, 0.3) is 0 Å². The summed E-state index contributed by atoms with van der Waals surface area (Å²) in [4.78, 5) is 18.9. The topological polar surface area (TPSA) is 72.3 Å². The van der Waals surface area contributed by atoms with Gasteiger partial charge in [0.25, 0.3) is 5.91 Å². The molecule has 0 spiro atoms. The van der Waals surface area contributed by atoms with E-state index in [0.29, 0.717) is 24.1 Å². The van der Waals surface area contributed by atoms with Crippen LogP contribution in [0.3, 0.4) is 0 Å². The molecule has 1 saturated heterocycles. The average molecular weight is 488 g/mol. The molecule has 1 amide bonds. The van der Waals surface area contributed by atoms with Gasteiger partial charge in [-0.15, -0.1) is 0 Å². The standard InChI is InChI=1S/C25H28F3N5O2/c1-16(2)33-15-17(14-29-33)6-9-32-10-7-19(8-11-32)35-23-5-3-4-22(30-23)31-25(34)24-20(27)12-18(26)13-21(24)28/h3-5,12-16,19H,6-11H2,1-2H3,(H,30,31,34). The molecule has 35 heavy (non-hydrogen) atoms. The summed E-state index contributed by atoms with van der Waals surface area (Å²) < 4.78 is 48.8. The number of rotatable bonds is 8. The molecule has 10 heteroatoms. The lowest BCUT2D eigenvalue weighted by Crippen LogP contribution is -2.39. The number of hydrogen-bond donors (Lipinski definition) is 1. The lowest BCUT2D eigenvalue weighted by molar-refractivity contribution is 0.0975. The lowest BCUT2D eigenvalue weighted by Gasteiger charge is -2.31. The molecule has 1 aliphatic rings. The van der Waals surface area contributed by atoms with Crippen LogP contribution in [0.5, 0.6) is 5.88 Å². The summed E-state index contributed by atoms with van der Waals surface area (Å²) in [6.07, 6.45) is 6.59. The van der Waals surface area contributed by atoms with Crippen LogP contribution < -0.4 is 10.1 Å². The van der Waals surface area contributed by atoms with E-state index in [-0.39, 0.29) is 11.9 Å². The zero-order valence-electron chi connectivity index (χ0n) is 19.7. The van der Waals surface area contributed by atoms with Crippen LogP contribution in [-0.2, 0) is 6.42 Å². The third-order valence-electron chi connectivity index (χ3n) is 5.92. The van der Waals surface area contributed by atoms with Gasteiger partial charge in [0.05, 0.1) is 6.20 Å². The van der Waals surface area contributed by atoms with E-state index >= 15 is 0 Å². The molecule has 1 N–H and O–H groups in total. The third-order valence-corrected chi connectivity index (χ3v) is 5.92. The van der Waals surface area contributed by atoms with E-state index in [0.717, 1.165) is 38.9 Å². The van der Waals surface area contributed by atoms with Crippen LogP contribution in [0.15, 0.2) is 42.7 Å². The molecule has 7 nitrogen and oxygen atoms in total. The van der Waals surface area contributed by atoms with Gasteiger partial charge in [-0.1, -0.05) is 6.07 Å². The number of ether oxygens (including phenoxy) is 1. The van der Waals surface area contributed by atoms with Crippen molar-refractivity contribution in [2.24, 2.45) is 0 Å². The smallest absolute Gasteiger partial charge is 0.262 e. The van der Waals surface area contributed by atoms with Gasteiger partial charge in [0.1, 0.15) is 34.9 Å². The molecule has 1 fully saturated rings. The number of piperidine rings is 1. The van der Waals surface area contributed by atoms with Gasteiger partial charge in [-0.25, -0.2) is 13.2 Å². The minimum absolute atomic E-state index is 0.0274. The minimum atomic E-state index is -1.28. The van der Waals surface area contributed by atoms with Crippen LogP contribution in [0.4, 0.5) is 19.0 Å². The molecule has 1 aliphatic heterocycles. The fourth-order valence-electron chi connectivity index (χ4n) is 3.99. The van der Waals surface area contributed by atoms with Gasteiger partial charge in [-0.2, -0.15) is 10.1 Å². The fourth-order valence-corrected chi connectivity index (χ4v) is 3.99. The molecule has 0 unspecified atom stereocenters. The first-order valence-electron chi connectivity index (χ1n) is 11.6.